The Hall–Kier alpha value is -2.01. The predicted molar refractivity (Wildman–Crippen MR) is 68.6 cm³/mol. The molecule has 0 fully saturated rings. The van der Waals surface area contributed by atoms with E-state index < -0.39 is 0 Å². The topological polar surface area (TPSA) is 55.2 Å². The standard InChI is InChI=1S/C12H7N3OS/c16-12-10(17-7-14-12)5-11-13-6-8-3-1-2-4-9(8)15-11/h1-7H. The van der Waals surface area contributed by atoms with Crippen molar-refractivity contribution in [2.45, 2.75) is 0 Å². The normalized spacial score (nSPS) is 17.2. The summed E-state index contributed by atoms with van der Waals surface area (Å²) in [4.78, 5) is 24.1. The molecular formula is C12H7N3OS. The number of aromatic nitrogens is 2. The zero-order valence-electron chi connectivity index (χ0n) is 8.70. The van der Waals surface area contributed by atoms with Gasteiger partial charge < -0.3 is 0 Å². The molecular weight excluding hydrogens is 234 g/mol. The van der Waals surface area contributed by atoms with Crippen molar-refractivity contribution in [1.29, 1.82) is 0 Å². The van der Waals surface area contributed by atoms with Gasteiger partial charge in [0.2, 0.25) is 0 Å². The lowest BCUT2D eigenvalue weighted by Gasteiger charge is -1.98. The highest BCUT2D eigenvalue weighted by atomic mass is 32.2. The first-order chi connectivity index (χ1) is 8.33. The maximum atomic E-state index is 11.3. The number of para-hydroxylation sites is 1. The Morgan fingerprint density at radius 3 is 2.94 bits per heavy atom. The summed E-state index contributed by atoms with van der Waals surface area (Å²) in [5, 5.41) is 0.983. The first-order valence-electron chi connectivity index (χ1n) is 5.00. The van der Waals surface area contributed by atoms with Crippen LogP contribution in [0.3, 0.4) is 0 Å². The smallest absolute Gasteiger partial charge is 0.266 e. The summed E-state index contributed by atoms with van der Waals surface area (Å²) in [5.41, 5.74) is 2.39. The van der Waals surface area contributed by atoms with Crippen molar-refractivity contribution in [3.63, 3.8) is 0 Å². The van der Waals surface area contributed by atoms with Gasteiger partial charge in [-0.15, -0.1) is 0 Å². The van der Waals surface area contributed by atoms with E-state index in [1.807, 2.05) is 24.3 Å². The van der Waals surface area contributed by atoms with Crippen molar-refractivity contribution in [2.75, 3.05) is 0 Å². The molecule has 1 aromatic heterocycles. The third-order valence-corrected chi connectivity index (χ3v) is 3.09. The molecule has 3 rings (SSSR count). The second kappa shape index (κ2) is 4.10. The van der Waals surface area contributed by atoms with Crippen LogP contribution in [0.4, 0.5) is 0 Å². The Kier molecular flexibility index (Phi) is 2.45. The molecule has 2 aromatic rings. The number of hydrogen-bond donors (Lipinski definition) is 0. The van der Waals surface area contributed by atoms with Gasteiger partial charge in [-0.1, -0.05) is 30.0 Å². The molecule has 1 amide bonds. The summed E-state index contributed by atoms with van der Waals surface area (Å²) in [7, 11) is 0. The van der Waals surface area contributed by atoms with Crippen molar-refractivity contribution in [1.82, 2.24) is 9.97 Å². The minimum Gasteiger partial charge on any atom is -0.266 e. The Bertz CT molecular complexity index is 664. The second-order valence-electron chi connectivity index (χ2n) is 3.45. The van der Waals surface area contributed by atoms with Gasteiger partial charge in [0.25, 0.3) is 5.91 Å². The molecule has 17 heavy (non-hydrogen) atoms. The highest BCUT2D eigenvalue weighted by Gasteiger charge is 2.14. The number of carbonyl (C=O) groups excluding carboxylic acids is 1. The molecule has 1 aliphatic rings. The van der Waals surface area contributed by atoms with Crippen LogP contribution in [0.15, 0.2) is 40.4 Å². The highest BCUT2D eigenvalue weighted by molar-refractivity contribution is 8.16. The van der Waals surface area contributed by atoms with Gasteiger partial charge in [0, 0.05) is 17.7 Å². The average molecular weight is 241 g/mol. The highest BCUT2D eigenvalue weighted by Crippen LogP contribution is 2.23. The van der Waals surface area contributed by atoms with Gasteiger partial charge in [0.05, 0.1) is 16.0 Å². The molecule has 5 heteroatoms. The Labute approximate surface area is 101 Å². The van der Waals surface area contributed by atoms with E-state index >= 15 is 0 Å². The van der Waals surface area contributed by atoms with Gasteiger partial charge in [0.1, 0.15) is 0 Å². The summed E-state index contributed by atoms with van der Waals surface area (Å²) >= 11 is 1.29. The van der Waals surface area contributed by atoms with E-state index in [1.165, 1.54) is 17.3 Å². The van der Waals surface area contributed by atoms with Crippen LogP contribution in [0.5, 0.6) is 0 Å². The zero-order valence-corrected chi connectivity index (χ0v) is 9.52. The summed E-state index contributed by atoms with van der Waals surface area (Å²) in [6, 6.07) is 7.73. The molecule has 82 valence electrons. The number of thioether (sulfide) groups is 1. The van der Waals surface area contributed by atoms with Crippen LogP contribution in [0.1, 0.15) is 5.82 Å². The lowest BCUT2D eigenvalue weighted by Crippen LogP contribution is -1.92. The molecule has 0 unspecified atom stereocenters. The van der Waals surface area contributed by atoms with E-state index in [4.69, 9.17) is 0 Å². The van der Waals surface area contributed by atoms with E-state index in [-0.39, 0.29) is 5.91 Å². The average Bonchev–Trinajstić information content (AvgIpc) is 2.75. The SMILES string of the molecule is O=C1N=CSC1=Cc1ncc2ccccc2n1. The number of carbonyl (C=O) groups is 1. The van der Waals surface area contributed by atoms with Gasteiger partial charge in [-0.3, -0.25) is 4.79 Å². The third kappa shape index (κ3) is 1.97. The molecule has 0 saturated heterocycles. The molecule has 1 aromatic carbocycles. The van der Waals surface area contributed by atoms with E-state index in [2.05, 4.69) is 15.0 Å². The minimum atomic E-state index is -0.230. The molecule has 0 radical (unpaired) electrons. The second-order valence-corrected chi connectivity index (χ2v) is 4.34. The van der Waals surface area contributed by atoms with Gasteiger partial charge in [-0.05, 0) is 6.07 Å². The van der Waals surface area contributed by atoms with E-state index in [0.29, 0.717) is 10.7 Å². The summed E-state index contributed by atoms with van der Waals surface area (Å²) in [6.07, 6.45) is 3.41. The van der Waals surface area contributed by atoms with Crippen LogP contribution in [-0.2, 0) is 4.79 Å². The van der Waals surface area contributed by atoms with Crippen LogP contribution in [0.2, 0.25) is 0 Å². The maximum Gasteiger partial charge on any atom is 0.284 e. The van der Waals surface area contributed by atoms with Crippen molar-refractivity contribution >= 4 is 40.2 Å². The predicted octanol–water partition coefficient (Wildman–Crippen LogP) is 2.27. The first-order valence-corrected chi connectivity index (χ1v) is 5.88. The Morgan fingerprint density at radius 2 is 2.12 bits per heavy atom. The number of benzene rings is 1. The third-order valence-electron chi connectivity index (χ3n) is 2.33. The van der Waals surface area contributed by atoms with Crippen LogP contribution >= 0.6 is 11.8 Å². The Balaban J connectivity index is 2.04. The molecule has 0 saturated carbocycles. The molecule has 1 aliphatic heterocycles. The van der Waals surface area contributed by atoms with E-state index in [9.17, 15) is 4.79 Å². The van der Waals surface area contributed by atoms with E-state index in [1.54, 1.807) is 12.3 Å². The monoisotopic (exact) mass is 241 g/mol. The first kappa shape index (κ1) is 10.2. The quantitative estimate of drug-likeness (QED) is 0.719. The number of rotatable bonds is 1. The molecule has 0 spiro atoms. The largest absolute Gasteiger partial charge is 0.284 e. The summed E-state index contributed by atoms with van der Waals surface area (Å²) < 4.78 is 0. The van der Waals surface area contributed by atoms with Gasteiger partial charge in [-0.2, -0.15) is 0 Å². The van der Waals surface area contributed by atoms with Crippen LogP contribution in [0, 0.1) is 0 Å². The van der Waals surface area contributed by atoms with Crippen LogP contribution < -0.4 is 0 Å². The minimum absolute atomic E-state index is 0.230. The van der Waals surface area contributed by atoms with Crippen molar-refractivity contribution in [2.24, 2.45) is 4.99 Å². The summed E-state index contributed by atoms with van der Waals surface area (Å²) in [5.74, 6) is 0.303. The summed E-state index contributed by atoms with van der Waals surface area (Å²) in [6.45, 7) is 0. The number of nitrogens with zero attached hydrogens (tertiary/aromatic N) is 3. The zero-order chi connectivity index (χ0) is 11.7. The van der Waals surface area contributed by atoms with Gasteiger partial charge in [0.15, 0.2) is 5.82 Å². The fourth-order valence-electron chi connectivity index (χ4n) is 1.51. The lowest BCUT2D eigenvalue weighted by molar-refractivity contribution is -0.113. The van der Waals surface area contributed by atoms with Crippen molar-refractivity contribution in [3.8, 4) is 0 Å². The molecule has 0 aliphatic carbocycles. The number of hydrogen-bond acceptors (Lipinski definition) is 4. The fraction of sp³-hybridized carbons (Fsp3) is 0. The molecule has 0 N–H and O–H groups in total. The van der Waals surface area contributed by atoms with Crippen molar-refractivity contribution in [3.05, 3.63) is 41.2 Å². The molecule has 2 heterocycles. The van der Waals surface area contributed by atoms with Crippen molar-refractivity contribution < 1.29 is 4.79 Å². The molecule has 4 nitrogen and oxygen atoms in total. The molecule has 0 bridgehead atoms. The number of fused-ring (bicyclic) bond motifs is 1. The van der Waals surface area contributed by atoms with Gasteiger partial charge in [-0.25, -0.2) is 15.0 Å². The van der Waals surface area contributed by atoms with Gasteiger partial charge >= 0.3 is 0 Å². The van der Waals surface area contributed by atoms with Crippen LogP contribution in [-0.4, -0.2) is 21.4 Å². The number of amides is 1. The van der Waals surface area contributed by atoms with Crippen LogP contribution in [0.25, 0.3) is 17.0 Å². The fourth-order valence-corrected chi connectivity index (χ4v) is 2.10. The number of aliphatic imine (C=N–C) groups is 1. The van der Waals surface area contributed by atoms with E-state index in [0.717, 1.165) is 10.9 Å². The maximum absolute atomic E-state index is 11.3. The Morgan fingerprint density at radius 1 is 1.24 bits per heavy atom. The lowest BCUT2D eigenvalue weighted by atomic mass is 10.2. The molecule has 0 atom stereocenters.